The number of amides is 1. The lowest BCUT2D eigenvalue weighted by Gasteiger charge is -2.25. The van der Waals surface area contributed by atoms with Gasteiger partial charge in [0.1, 0.15) is 11.0 Å². The number of oxazole rings is 1. The van der Waals surface area contributed by atoms with Crippen LogP contribution in [0.1, 0.15) is 60.4 Å². The number of anilines is 2. The van der Waals surface area contributed by atoms with Gasteiger partial charge in [0.25, 0.3) is 0 Å². The van der Waals surface area contributed by atoms with Crippen molar-refractivity contribution in [1.82, 2.24) is 29.5 Å². The number of halogens is 2. The Morgan fingerprint density at radius 2 is 1.76 bits per heavy atom. The van der Waals surface area contributed by atoms with E-state index in [1.165, 1.54) is 0 Å². The van der Waals surface area contributed by atoms with Crippen LogP contribution >= 0.6 is 23.2 Å². The molecule has 3 aromatic heterocycles. The van der Waals surface area contributed by atoms with E-state index in [1.807, 2.05) is 61.7 Å². The van der Waals surface area contributed by atoms with Gasteiger partial charge in [-0.05, 0) is 110 Å². The summed E-state index contributed by atoms with van der Waals surface area (Å²) in [4.78, 5) is 31.8. The number of aliphatic hydroxyl groups is 1. The molecule has 4 aliphatic rings. The van der Waals surface area contributed by atoms with Crippen molar-refractivity contribution in [3.8, 4) is 22.6 Å². The summed E-state index contributed by atoms with van der Waals surface area (Å²) in [6.07, 6.45) is 7.61. The minimum atomic E-state index is -3.59. The largest absolute Gasteiger partial charge is 0.434 e. The van der Waals surface area contributed by atoms with Crippen LogP contribution in [0.4, 0.5) is 11.5 Å². The van der Waals surface area contributed by atoms with Gasteiger partial charge < -0.3 is 14.8 Å². The predicted octanol–water partition coefficient (Wildman–Crippen LogP) is 7.95. The van der Waals surface area contributed by atoms with Gasteiger partial charge in [0.05, 0.1) is 32.9 Å². The third-order valence-electron chi connectivity index (χ3n) is 12.4. The average molecular weight is 853 g/mol. The molecule has 0 spiro atoms. The van der Waals surface area contributed by atoms with Gasteiger partial charge in [0, 0.05) is 61.3 Å². The van der Waals surface area contributed by atoms with Crippen LogP contribution < -0.4 is 10.0 Å². The quantitative estimate of drug-likeness (QED) is 0.123. The minimum Gasteiger partial charge on any atom is -0.434 e. The highest BCUT2D eigenvalue weighted by molar-refractivity contribution is 7.90. The Hall–Kier alpha value is -4.63. The van der Waals surface area contributed by atoms with Crippen molar-refractivity contribution in [3.05, 3.63) is 99.3 Å². The van der Waals surface area contributed by atoms with Crippen molar-refractivity contribution in [1.29, 1.82) is 0 Å². The van der Waals surface area contributed by atoms with E-state index >= 15 is 0 Å². The topological polar surface area (TPSA) is 154 Å². The van der Waals surface area contributed by atoms with Crippen LogP contribution in [0, 0.1) is 12.8 Å². The molecule has 15 heteroatoms. The standard InChI is InChI=1S/C44H43Cl2N7O5S/c1-24-30(4-3-7-35(24)49-42-40-26(12-15-47-42)18-25(20-48-40)21-52-16-14-28(54)23-52)31-5-2-6-33(38(31)45)44-50-36-19-34-32(39(46)41(36)58-44)10-11-37(34)53-17-13-27(22-53)43(55)51-59(56,57)29-8-9-29/h2-7,12,15,18-20,27-29,37,54H,8-11,13-14,16-17,21-23H2,1H3,(H,47,49)(H,51,55)/t27-,28-,37-/m1/s1. The van der Waals surface area contributed by atoms with Crippen molar-refractivity contribution in [2.45, 2.75) is 69.4 Å². The lowest BCUT2D eigenvalue weighted by molar-refractivity contribution is -0.122. The molecule has 3 N–H and O–H groups in total. The van der Waals surface area contributed by atoms with E-state index in [2.05, 4.69) is 30.9 Å². The maximum atomic E-state index is 12.9. The highest BCUT2D eigenvalue weighted by Crippen LogP contribution is 2.46. The molecular weight excluding hydrogens is 810 g/mol. The van der Waals surface area contributed by atoms with Crippen LogP contribution in [0.15, 0.2) is 71.4 Å². The van der Waals surface area contributed by atoms with Gasteiger partial charge in [-0.2, -0.15) is 0 Å². The third-order valence-corrected chi connectivity index (χ3v) is 15.1. The number of hydrogen-bond acceptors (Lipinski definition) is 11. The van der Waals surface area contributed by atoms with Gasteiger partial charge in [-0.3, -0.25) is 24.3 Å². The zero-order valence-corrected chi connectivity index (χ0v) is 34.7. The van der Waals surface area contributed by atoms with Crippen LogP contribution in [0.25, 0.3) is 44.6 Å². The van der Waals surface area contributed by atoms with E-state index in [0.29, 0.717) is 77.3 Å². The third kappa shape index (κ3) is 7.25. The molecule has 10 rings (SSSR count). The number of pyridine rings is 2. The maximum absolute atomic E-state index is 12.9. The number of fused-ring (bicyclic) bond motifs is 3. The van der Waals surface area contributed by atoms with Crippen LogP contribution in [-0.2, 0) is 27.8 Å². The van der Waals surface area contributed by atoms with Crippen molar-refractivity contribution in [2.75, 3.05) is 31.5 Å². The number of likely N-dealkylation sites (tertiary alicyclic amines) is 2. The number of nitrogens with zero attached hydrogens (tertiary/aromatic N) is 5. The molecule has 6 aromatic rings. The zero-order chi connectivity index (χ0) is 40.6. The molecule has 3 fully saturated rings. The highest BCUT2D eigenvalue weighted by Gasteiger charge is 2.41. The van der Waals surface area contributed by atoms with E-state index in [9.17, 15) is 18.3 Å². The first-order chi connectivity index (χ1) is 28.5. The fourth-order valence-corrected chi connectivity index (χ4v) is 11.1. The summed E-state index contributed by atoms with van der Waals surface area (Å²) >= 11 is 14.3. The fraction of sp³-hybridized carbons (Fsp3) is 0.364. The molecule has 0 unspecified atom stereocenters. The number of nitrogens with one attached hydrogen (secondary N) is 2. The fourth-order valence-electron chi connectivity index (χ4n) is 9.13. The number of carbonyl (C=O) groups excluding carboxylic acids is 1. The SMILES string of the molecule is Cc1c(Nc2nccc3cc(CN4CC[C@@H](O)C4)cnc23)cccc1-c1cccc(-c2nc3cc4c(c(Cl)c3o2)CC[C@H]4N2CC[C@@H](C(=O)NS(=O)(=O)C3CC3)C2)c1Cl. The Morgan fingerprint density at radius 1 is 0.949 bits per heavy atom. The lowest BCUT2D eigenvalue weighted by atomic mass is 9.97. The monoisotopic (exact) mass is 851 g/mol. The smallest absolute Gasteiger partial charge is 0.237 e. The second kappa shape index (κ2) is 15.1. The van der Waals surface area contributed by atoms with E-state index in [0.717, 1.165) is 82.3 Å². The molecule has 2 saturated heterocycles. The van der Waals surface area contributed by atoms with Gasteiger partial charge in [-0.25, -0.2) is 18.4 Å². The Bertz CT molecular complexity index is 2780. The molecular formula is C44H43Cl2N7O5S. The molecule has 0 radical (unpaired) electrons. The van der Waals surface area contributed by atoms with Gasteiger partial charge in [-0.1, -0.05) is 47.5 Å². The molecule has 1 amide bonds. The first-order valence-corrected chi connectivity index (χ1v) is 22.5. The van der Waals surface area contributed by atoms with Gasteiger partial charge in [0.2, 0.25) is 21.8 Å². The van der Waals surface area contributed by atoms with Crippen molar-refractivity contribution in [2.24, 2.45) is 5.92 Å². The summed E-state index contributed by atoms with van der Waals surface area (Å²) in [5.74, 6) is 0.219. The highest BCUT2D eigenvalue weighted by atomic mass is 35.5. The average Bonchev–Trinajstić information content (AvgIpc) is 3.49. The molecule has 3 aromatic carbocycles. The summed E-state index contributed by atoms with van der Waals surface area (Å²) in [7, 11) is -3.59. The van der Waals surface area contributed by atoms with Crippen LogP contribution in [0.3, 0.4) is 0 Å². The zero-order valence-electron chi connectivity index (χ0n) is 32.4. The van der Waals surface area contributed by atoms with Crippen molar-refractivity contribution < 1.29 is 22.7 Å². The molecule has 59 heavy (non-hydrogen) atoms. The summed E-state index contributed by atoms with van der Waals surface area (Å²) in [5.41, 5.74) is 9.30. The maximum Gasteiger partial charge on any atom is 0.237 e. The Morgan fingerprint density at radius 3 is 2.58 bits per heavy atom. The molecule has 3 atom stereocenters. The predicted molar refractivity (Wildman–Crippen MR) is 229 cm³/mol. The second-order valence-electron chi connectivity index (χ2n) is 16.4. The normalized spacial score (nSPS) is 21.1. The lowest BCUT2D eigenvalue weighted by Crippen LogP contribution is -2.38. The molecule has 1 saturated carbocycles. The molecule has 5 heterocycles. The number of aliphatic hydroxyl groups excluding tert-OH is 1. The van der Waals surface area contributed by atoms with Crippen LogP contribution in [0.5, 0.6) is 0 Å². The Balaban J connectivity index is 0.895. The van der Waals surface area contributed by atoms with E-state index in [4.69, 9.17) is 37.6 Å². The number of aromatic nitrogens is 3. The van der Waals surface area contributed by atoms with Gasteiger partial charge in [0.15, 0.2) is 11.4 Å². The molecule has 304 valence electrons. The Kier molecular flexibility index (Phi) is 9.89. The summed E-state index contributed by atoms with van der Waals surface area (Å²) in [6.45, 7) is 5.51. The minimum absolute atomic E-state index is 0.0358. The summed E-state index contributed by atoms with van der Waals surface area (Å²) < 4.78 is 33.6. The first kappa shape index (κ1) is 38.6. The van der Waals surface area contributed by atoms with Gasteiger partial charge in [-0.15, -0.1) is 0 Å². The van der Waals surface area contributed by atoms with Gasteiger partial charge >= 0.3 is 0 Å². The number of sulfonamides is 1. The number of carbonyl (C=O) groups is 1. The summed E-state index contributed by atoms with van der Waals surface area (Å²) in [6, 6.07) is 18.0. The van der Waals surface area contributed by atoms with Crippen LogP contribution in [-0.4, -0.2) is 81.7 Å². The van der Waals surface area contributed by atoms with Crippen molar-refractivity contribution in [3.63, 3.8) is 0 Å². The van der Waals surface area contributed by atoms with E-state index in [-0.39, 0.29) is 18.1 Å². The molecule has 0 bridgehead atoms. The van der Waals surface area contributed by atoms with E-state index in [1.54, 1.807) is 6.20 Å². The molecule has 12 nitrogen and oxygen atoms in total. The Labute approximate surface area is 352 Å². The number of rotatable bonds is 10. The number of β-amino-alcohol motifs (C(OH)–C–C–N with tert-alkyl or cyclic N) is 1. The number of hydrogen-bond donors (Lipinski definition) is 3. The van der Waals surface area contributed by atoms with Crippen molar-refractivity contribution >= 4 is 72.6 Å². The number of benzene rings is 3. The second-order valence-corrected chi connectivity index (χ2v) is 19.1. The van der Waals surface area contributed by atoms with Crippen LogP contribution in [0.2, 0.25) is 10.0 Å². The molecule has 2 aliphatic heterocycles. The molecule has 2 aliphatic carbocycles. The summed E-state index contributed by atoms with van der Waals surface area (Å²) in [5, 5.41) is 15.1. The first-order valence-electron chi connectivity index (χ1n) is 20.2. The van der Waals surface area contributed by atoms with E-state index < -0.39 is 21.2 Å².